The van der Waals surface area contributed by atoms with Gasteiger partial charge < -0.3 is 14.7 Å². The molecule has 0 bridgehead atoms. The summed E-state index contributed by atoms with van der Waals surface area (Å²) in [6.45, 7) is 1.39. The van der Waals surface area contributed by atoms with Crippen LogP contribution in [0.2, 0.25) is 0 Å². The van der Waals surface area contributed by atoms with Crippen LogP contribution in [0.4, 0.5) is 4.39 Å². The number of hydrogen-bond donors (Lipinski definition) is 3. The normalized spacial score (nSPS) is 11.5. The van der Waals surface area contributed by atoms with E-state index in [0.29, 0.717) is 40.2 Å². The standard InChI is InChI=1S/C30H22FN7O/c31-24-12-21(22-10-19(15-33-16-22)14-32-13-18-4-2-1-3-5-18)11-23-27(24)37-38-28(23)30-35-25-6-8-34-26(29(25)36-30)20-7-9-39-17-20/h1-12,15-17,32H,13-14H2,(H,35,36)(H,37,38). The second-order valence-corrected chi connectivity index (χ2v) is 9.28. The molecule has 0 amide bonds. The molecule has 0 atom stereocenters. The highest BCUT2D eigenvalue weighted by Crippen LogP contribution is 2.33. The van der Waals surface area contributed by atoms with Crippen molar-refractivity contribution >= 4 is 21.9 Å². The molecule has 39 heavy (non-hydrogen) atoms. The summed E-state index contributed by atoms with van der Waals surface area (Å²) in [5.41, 5.74) is 7.59. The van der Waals surface area contributed by atoms with Gasteiger partial charge in [-0.05, 0) is 47.0 Å². The van der Waals surface area contributed by atoms with Gasteiger partial charge in [0.25, 0.3) is 0 Å². The fraction of sp³-hybridized carbons (Fsp3) is 0.0667. The highest BCUT2D eigenvalue weighted by atomic mass is 19.1. The number of nitrogens with zero attached hydrogens (tertiary/aromatic N) is 4. The van der Waals surface area contributed by atoms with Crippen LogP contribution in [0.25, 0.3) is 55.8 Å². The lowest BCUT2D eigenvalue weighted by Crippen LogP contribution is -2.12. The molecule has 8 nitrogen and oxygen atoms in total. The highest BCUT2D eigenvalue weighted by Gasteiger charge is 2.18. The zero-order valence-electron chi connectivity index (χ0n) is 20.6. The van der Waals surface area contributed by atoms with E-state index in [1.165, 1.54) is 11.6 Å². The second kappa shape index (κ2) is 9.62. The number of aromatic amines is 2. The maximum Gasteiger partial charge on any atom is 0.157 e. The molecule has 5 heterocycles. The monoisotopic (exact) mass is 515 g/mol. The van der Waals surface area contributed by atoms with Crippen LogP contribution in [-0.4, -0.2) is 30.1 Å². The number of aromatic nitrogens is 6. The van der Waals surface area contributed by atoms with Gasteiger partial charge in [0.15, 0.2) is 11.6 Å². The van der Waals surface area contributed by atoms with Crippen molar-refractivity contribution in [1.29, 1.82) is 0 Å². The van der Waals surface area contributed by atoms with Crippen molar-refractivity contribution in [3.63, 3.8) is 0 Å². The van der Waals surface area contributed by atoms with Gasteiger partial charge >= 0.3 is 0 Å². The fourth-order valence-electron chi connectivity index (χ4n) is 4.78. The first-order valence-electron chi connectivity index (χ1n) is 12.5. The van der Waals surface area contributed by atoms with Crippen molar-refractivity contribution in [1.82, 2.24) is 35.5 Å². The number of hydrogen-bond acceptors (Lipinski definition) is 6. The Hall–Kier alpha value is -5.15. The van der Waals surface area contributed by atoms with E-state index in [1.807, 2.05) is 48.7 Å². The topological polar surface area (TPSA) is 108 Å². The van der Waals surface area contributed by atoms with Crippen LogP contribution in [0, 0.1) is 5.82 Å². The Labute approximate surface area is 222 Å². The highest BCUT2D eigenvalue weighted by molar-refractivity contribution is 5.97. The molecule has 0 aliphatic rings. The fourth-order valence-corrected chi connectivity index (χ4v) is 4.78. The molecule has 0 aliphatic carbocycles. The van der Waals surface area contributed by atoms with Crippen LogP contribution in [0.15, 0.2) is 96.2 Å². The Morgan fingerprint density at radius 3 is 2.64 bits per heavy atom. The number of H-pyrrole nitrogens is 2. The van der Waals surface area contributed by atoms with E-state index in [2.05, 4.69) is 42.6 Å². The summed E-state index contributed by atoms with van der Waals surface area (Å²) in [5, 5.41) is 11.3. The molecular formula is C30H22FN7O. The molecule has 0 saturated heterocycles. The van der Waals surface area contributed by atoms with Crippen LogP contribution in [0.5, 0.6) is 0 Å². The van der Waals surface area contributed by atoms with E-state index in [9.17, 15) is 0 Å². The Morgan fingerprint density at radius 1 is 0.872 bits per heavy atom. The van der Waals surface area contributed by atoms with Crippen LogP contribution >= 0.6 is 0 Å². The number of nitrogens with one attached hydrogen (secondary N) is 3. The lowest BCUT2D eigenvalue weighted by atomic mass is 10.0. The minimum absolute atomic E-state index is 0.246. The minimum atomic E-state index is -0.422. The van der Waals surface area contributed by atoms with Crippen molar-refractivity contribution in [2.75, 3.05) is 0 Å². The van der Waals surface area contributed by atoms with Crippen LogP contribution in [-0.2, 0) is 13.1 Å². The molecule has 9 heteroatoms. The first kappa shape index (κ1) is 23.0. The van der Waals surface area contributed by atoms with E-state index in [1.54, 1.807) is 24.9 Å². The van der Waals surface area contributed by atoms with Gasteiger partial charge in [-0.25, -0.2) is 9.37 Å². The maximum atomic E-state index is 15.2. The van der Waals surface area contributed by atoms with Crippen LogP contribution < -0.4 is 5.32 Å². The van der Waals surface area contributed by atoms with Crippen molar-refractivity contribution in [3.8, 4) is 33.9 Å². The number of benzene rings is 2. The van der Waals surface area contributed by atoms with Gasteiger partial charge in [0.1, 0.15) is 22.4 Å². The van der Waals surface area contributed by atoms with Gasteiger partial charge in [0, 0.05) is 48.2 Å². The quantitative estimate of drug-likeness (QED) is 0.232. The third-order valence-electron chi connectivity index (χ3n) is 6.67. The smallest absolute Gasteiger partial charge is 0.157 e. The summed E-state index contributed by atoms with van der Waals surface area (Å²) in [7, 11) is 0. The average molecular weight is 516 g/mol. The third kappa shape index (κ3) is 4.34. The molecule has 0 unspecified atom stereocenters. The number of pyridine rings is 2. The first-order valence-corrected chi connectivity index (χ1v) is 12.5. The molecule has 7 aromatic rings. The first-order chi connectivity index (χ1) is 19.2. The lowest BCUT2D eigenvalue weighted by molar-refractivity contribution is 0.568. The van der Waals surface area contributed by atoms with E-state index in [0.717, 1.165) is 28.8 Å². The Balaban J connectivity index is 1.23. The van der Waals surface area contributed by atoms with Gasteiger partial charge in [0.05, 0.1) is 18.0 Å². The molecule has 0 spiro atoms. The average Bonchev–Trinajstić information content (AvgIpc) is 3.73. The molecule has 5 aromatic heterocycles. The molecule has 0 radical (unpaired) electrons. The van der Waals surface area contributed by atoms with E-state index in [4.69, 9.17) is 9.40 Å². The number of rotatable bonds is 7. The van der Waals surface area contributed by atoms with Crippen molar-refractivity contribution in [3.05, 3.63) is 109 Å². The SMILES string of the molecule is Fc1cc(-c2cncc(CNCc3ccccc3)c2)cc2c(-c3nc4c(-c5ccoc5)nccc4[nH]3)[nH]nc12. The zero-order valence-corrected chi connectivity index (χ0v) is 20.6. The predicted octanol–water partition coefficient (Wildman–Crippen LogP) is 6.25. The molecule has 2 aromatic carbocycles. The van der Waals surface area contributed by atoms with Gasteiger partial charge in [0.2, 0.25) is 0 Å². The molecule has 3 N–H and O–H groups in total. The van der Waals surface area contributed by atoms with E-state index in [-0.39, 0.29) is 5.52 Å². The number of halogens is 1. The largest absolute Gasteiger partial charge is 0.472 e. The van der Waals surface area contributed by atoms with Gasteiger partial charge in [-0.15, -0.1) is 0 Å². The number of imidazole rings is 1. The lowest BCUT2D eigenvalue weighted by Gasteiger charge is -2.08. The van der Waals surface area contributed by atoms with Gasteiger partial charge in [-0.2, -0.15) is 5.10 Å². The minimum Gasteiger partial charge on any atom is -0.472 e. The van der Waals surface area contributed by atoms with Gasteiger partial charge in [-0.1, -0.05) is 30.3 Å². The Kier molecular flexibility index (Phi) is 5.68. The summed E-state index contributed by atoms with van der Waals surface area (Å²) in [6.07, 6.45) is 8.50. The number of fused-ring (bicyclic) bond motifs is 2. The van der Waals surface area contributed by atoms with Crippen molar-refractivity contribution in [2.24, 2.45) is 0 Å². The van der Waals surface area contributed by atoms with Gasteiger partial charge in [-0.3, -0.25) is 15.1 Å². The molecule has 7 rings (SSSR count). The van der Waals surface area contributed by atoms with E-state index >= 15 is 4.39 Å². The maximum absolute atomic E-state index is 15.2. The summed E-state index contributed by atoms with van der Waals surface area (Å²) < 4.78 is 20.5. The molecule has 0 saturated carbocycles. The molecule has 190 valence electrons. The van der Waals surface area contributed by atoms with Crippen LogP contribution in [0.1, 0.15) is 11.1 Å². The molecule has 0 fully saturated rings. The Morgan fingerprint density at radius 2 is 1.77 bits per heavy atom. The Bertz CT molecular complexity index is 1910. The summed E-state index contributed by atoms with van der Waals surface area (Å²) in [4.78, 5) is 17.0. The second-order valence-electron chi connectivity index (χ2n) is 9.28. The zero-order chi connectivity index (χ0) is 26.2. The molecule has 0 aliphatic heterocycles. The molecular weight excluding hydrogens is 493 g/mol. The van der Waals surface area contributed by atoms with Crippen molar-refractivity contribution in [2.45, 2.75) is 13.1 Å². The summed E-state index contributed by atoms with van der Waals surface area (Å²) >= 11 is 0. The third-order valence-corrected chi connectivity index (χ3v) is 6.67. The number of furan rings is 1. The summed E-state index contributed by atoms with van der Waals surface area (Å²) in [5.74, 6) is 0.119. The summed E-state index contributed by atoms with van der Waals surface area (Å²) in [6, 6.07) is 19.3. The van der Waals surface area contributed by atoms with Crippen LogP contribution in [0.3, 0.4) is 0 Å². The predicted molar refractivity (Wildman–Crippen MR) is 147 cm³/mol. The van der Waals surface area contributed by atoms with E-state index < -0.39 is 5.82 Å². The van der Waals surface area contributed by atoms with Crippen molar-refractivity contribution < 1.29 is 8.81 Å².